The molecule has 1 saturated heterocycles. The largest absolute Gasteiger partial charge is 0.450 e. The number of hydrogen-bond acceptors (Lipinski definition) is 8. The number of rotatable bonds is 5. The maximum absolute atomic E-state index is 12.2. The van der Waals surface area contributed by atoms with E-state index in [2.05, 4.69) is 25.3 Å². The first-order valence-electron chi connectivity index (χ1n) is 9.60. The van der Waals surface area contributed by atoms with Gasteiger partial charge in [0.05, 0.1) is 13.2 Å². The Morgan fingerprint density at radius 2 is 1.87 bits per heavy atom. The van der Waals surface area contributed by atoms with Crippen LogP contribution in [0.15, 0.2) is 30.3 Å². The summed E-state index contributed by atoms with van der Waals surface area (Å²) < 4.78 is 11.8. The maximum Gasteiger partial charge on any atom is 0.378 e. The number of esters is 1. The van der Waals surface area contributed by atoms with Crippen LogP contribution in [0.25, 0.3) is 5.78 Å². The fourth-order valence-electron chi connectivity index (χ4n) is 3.22. The van der Waals surface area contributed by atoms with E-state index in [4.69, 9.17) is 9.47 Å². The molecule has 0 atom stereocenters. The molecule has 1 fully saturated rings. The molecule has 1 aliphatic rings. The monoisotopic (exact) mass is 410 g/mol. The predicted octanol–water partition coefficient (Wildman–Crippen LogP) is 1.37. The van der Waals surface area contributed by atoms with Gasteiger partial charge in [0.15, 0.2) is 6.61 Å². The van der Waals surface area contributed by atoms with E-state index in [0.717, 1.165) is 30.2 Å². The van der Waals surface area contributed by atoms with Gasteiger partial charge in [-0.3, -0.25) is 4.79 Å². The van der Waals surface area contributed by atoms with Crippen molar-refractivity contribution in [3.63, 3.8) is 0 Å². The Kier molecular flexibility index (Phi) is 5.57. The van der Waals surface area contributed by atoms with Crippen molar-refractivity contribution in [2.45, 2.75) is 13.8 Å². The molecule has 1 aliphatic heterocycles. The number of amides is 1. The normalized spacial score (nSPS) is 14.0. The van der Waals surface area contributed by atoms with E-state index >= 15 is 0 Å². The first kappa shape index (κ1) is 19.8. The molecule has 0 spiro atoms. The Morgan fingerprint density at radius 3 is 2.60 bits per heavy atom. The molecule has 10 heteroatoms. The molecule has 0 aliphatic carbocycles. The summed E-state index contributed by atoms with van der Waals surface area (Å²) in [7, 11) is 0. The first-order valence-corrected chi connectivity index (χ1v) is 9.60. The minimum absolute atomic E-state index is 0.140. The Balaban J connectivity index is 1.32. The van der Waals surface area contributed by atoms with Gasteiger partial charge in [-0.2, -0.15) is 4.98 Å². The van der Waals surface area contributed by atoms with Gasteiger partial charge >= 0.3 is 5.97 Å². The maximum atomic E-state index is 12.2. The van der Waals surface area contributed by atoms with Gasteiger partial charge < -0.3 is 19.7 Å². The number of fused-ring (bicyclic) bond motifs is 1. The van der Waals surface area contributed by atoms with Gasteiger partial charge in [-0.15, -0.1) is 5.10 Å². The van der Waals surface area contributed by atoms with E-state index < -0.39 is 18.5 Å². The fourth-order valence-corrected chi connectivity index (χ4v) is 3.22. The lowest BCUT2D eigenvalue weighted by Gasteiger charge is -2.28. The summed E-state index contributed by atoms with van der Waals surface area (Å²) >= 11 is 0. The molecule has 10 nitrogen and oxygen atoms in total. The lowest BCUT2D eigenvalue weighted by atomic mass is 10.2. The topological polar surface area (TPSA) is 111 Å². The Hall–Kier alpha value is -3.53. The number of nitrogens with one attached hydrogen (secondary N) is 1. The third-order valence-electron chi connectivity index (χ3n) is 4.66. The van der Waals surface area contributed by atoms with Gasteiger partial charge in [-0.05, 0) is 44.2 Å². The van der Waals surface area contributed by atoms with Crippen LogP contribution < -0.4 is 10.2 Å². The first-order chi connectivity index (χ1) is 14.5. The van der Waals surface area contributed by atoms with E-state index in [0.29, 0.717) is 24.7 Å². The van der Waals surface area contributed by atoms with Crippen LogP contribution in [0.1, 0.15) is 22.0 Å². The Morgan fingerprint density at radius 1 is 1.13 bits per heavy atom. The van der Waals surface area contributed by atoms with Crippen LogP contribution in [0.3, 0.4) is 0 Å². The molecule has 0 unspecified atom stereocenters. The molecule has 0 bridgehead atoms. The van der Waals surface area contributed by atoms with Crippen LogP contribution in [0, 0.1) is 13.8 Å². The van der Waals surface area contributed by atoms with Crippen LogP contribution in [-0.2, 0) is 14.3 Å². The molecule has 3 aromatic rings. The molecule has 156 valence electrons. The van der Waals surface area contributed by atoms with Gasteiger partial charge in [-0.25, -0.2) is 14.3 Å². The van der Waals surface area contributed by atoms with E-state index in [-0.39, 0.29) is 5.82 Å². The molecule has 2 aromatic heterocycles. The van der Waals surface area contributed by atoms with Crippen molar-refractivity contribution in [1.29, 1.82) is 0 Å². The molecular weight excluding hydrogens is 388 g/mol. The molecule has 1 aromatic carbocycles. The van der Waals surface area contributed by atoms with E-state index in [9.17, 15) is 9.59 Å². The second kappa shape index (κ2) is 8.46. The van der Waals surface area contributed by atoms with Crippen molar-refractivity contribution in [3.05, 3.63) is 47.5 Å². The second-order valence-electron chi connectivity index (χ2n) is 6.96. The van der Waals surface area contributed by atoms with Crippen molar-refractivity contribution in [3.8, 4) is 0 Å². The smallest absolute Gasteiger partial charge is 0.378 e. The summed E-state index contributed by atoms with van der Waals surface area (Å²) in [4.78, 5) is 34.8. The van der Waals surface area contributed by atoms with Gasteiger partial charge in [-0.1, -0.05) is 0 Å². The molecular formula is C20H22N6O4. The minimum Gasteiger partial charge on any atom is -0.450 e. The molecule has 0 radical (unpaired) electrons. The Bertz CT molecular complexity index is 1070. The summed E-state index contributed by atoms with van der Waals surface area (Å²) in [5, 5.41) is 6.80. The molecule has 0 saturated carbocycles. The molecule has 4 rings (SSSR count). The summed E-state index contributed by atoms with van der Waals surface area (Å²) in [6.45, 7) is 6.33. The highest BCUT2D eigenvalue weighted by Gasteiger charge is 2.18. The average Bonchev–Trinajstić information content (AvgIpc) is 3.18. The number of aromatic nitrogens is 4. The number of nitrogens with zero attached hydrogens (tertiary/aromatic N) is 5. The van der Waals surface area contributed by atoms with Crippen molar-refractivity contribution in [2.24, 2.45) is 0 Å². The predicted molar refractivity (Wildman–Crippen MR) is 109 cm³/mol. The van der Waals surface area contributed by atoms with Crippen molar-refractivity contribution >= 4 is 29.0 Å². The number of hydrogen-bond donors (Lipinski definition) is 1. The summed E-state index contributed by atoms with van der Waals surface area (Å²) in [6.07, 6.45) is 0. The molecule has 1 amide bonds. The zero-order valence-electron chi connectivity index (χ0n) is 16.8. The van der Waals surface area contributed by atoms with Gasteiger partial charge in [0.25, 0.3) is 17.5 Å². The lowest BCUT2D eigenvalue weighted by molar-refractivity contribution is -0.119. The number of ether oxygens (including phenoxy) is 2. The van der Waals surface area contributed by atoms with Crippen LogP contribution in [0.5, 0.6) is 0 Å². The highest BCUT2D eigenvalue weighted by atomic mass is 16.5. The number of carbonyl (C=O) groups excluding carboxylic acids is 2. The van der Waals surface area contributed by atoms with E-state index in [1.807, 2.05) is 44.2 Å². The van der Waals surface area contributed by atoms with Crippen LogP contribution in [-0.4, -0.2) is 64.4 Å². The number of benzene rings is 1. The number of anilines is 2. The van der Waals surface area contributed by atoms with Crippen molar-refractivity contribution in [2.75, 3.05) is 43.1 Å². The zero-order chi connectivity index (χ0) is 21.1. The zero-order valence-corrected chi connectivity index (χ0v) is 16.8. The van der Waals surface area contributed by atoms with Crippen molar-refractivity contribution in [1.82, 2.24) is 19.6 Å². The van der Waals surface area contributed by atoms with Gasteiger partial charge in [0, 0.05) is 35.9 Å². The van der Waals surface area contributed by atoms with Crippen LogP contribution in [0.4, 0.5) is 11.4 Å². The quantitative estimate of drug-likeness (QED) is 0.628. The van der Waals surface area contributed by atoms with Gasteiger partial charge in [0.1, 0.15) is 0 Å². The summed E-state index contributed by atoms with van der Waals surface area (Å²) in [5.74, 6) is -1.06. The average molecular weight is 410 g/mol. The lowest BCUT2D eigenvalue weighted by Crippen LogP contribution is -2.36. The van der Waals surface area contributed by atoms with Crippen LogP contribution in [0.2, 0.25) is 0 Å². The highest BCUT2D eigenvalue weighted by Crippen LogP contribution is 2.19. The SMILES string of the molecule is Cc1cc(C)n2nc(C(=O)OCC(=O)Nc3ccc(N4CCOCC4)cc3)nc2n1. The molecule has 1 N–H and O–H groups in total. The fraction of sp³-hybridized carbons (Fsp3) is 0.350. The van der Waals surface area contributed by atoms with Crippen molar-refractivity contribution < 1.29 is 19.1 Å². The molecule has 3 heterocycles. The summed E-state index contributed by atoms with van der Waals surface area (Å²) in [5.41, 5.74) is 3.25. The number of carbonyl (C=O) groups is 2. The second-order valence-corrected chi connectivity index (χ2v) is 6.96. The van der Waals surface area contributed by atoms with Gasteiger partial charge in [0.2, 0.25) is 0 Å². The summed E-state index contributed by atoms with van der Waals surface area (Å²) in [6, 6.07) is 9.32. The third-order valence-corrected chi connectivity index (χ3v) is 4.66. The van der Waals surface area contributed by atoms with E-state index in [1.54, 1.807) is 0 Å². The number of morpholine rings is 1. The highest BCUT2D eigenvalue weighted by molar-refractivity contribution is 5.94. The van der Waals surface area contributed by atoms with Crippen LogP contribution >= 0.6 is 0 Å². The third kappa shape index (κ3) is 4.38. The Labute approximate surface area is 172 Å². The molecule has 30 heavy (non-hydrogen) atoms. The van der Waals surface area contributed by atoms with E-state index in [1.165, 1.54) is 4.52 Å². The number of aryl methyl sites for hydroxylation is 2. The standard InChI is InChI=1S/C20H22N6O4/c1-13-11-14(2)26-20(21-13)23-18(24-26)19(28)30-12-17(27)22-15-3-5-16(6-4-15)25-7-9-29-10-8-25/h3-6,11H,7-10,12H2,1-2H3,(H,22,27). The minimum atomic E-state index is -0.782.